The Labute approximate surface area is 159 Å². The molecular formula is C24H22N2O. The van der Waals surface area contributed by atoms with Crippen molar-refractivity contribution in [3.63, 3.8) is 0 Å². The molecule has 3 aromatic carbocycles. The van der Waals surface area contributed by atoms with Crippen molar-refractivity contribution in [3.05, 3.63) is 89.5 Å². The molecule has 1 saturated heterocycles. The molecule has 5 rings (SSSR count). The van der Waals surface area contributed by atoms with Crippen molar-refractivity contribution < 1.29 is 4.74 Å². The summed E-state index contributed by atoms with van der Waals surface area (Å²) in [6.07, 6.45) is 1.94. The number of rotatable bonds is 3. The van der Waals surface area contributed by atoms with Gasteiger partial charge in [-0.25, -0.2) is 0 Å². The van der Waals surface area contributed by atoms with E-state index in [1.165, 1.54) is 22.3 Å². The highest BCUT2D eigenvalue weighted by Crippen LogP contribution is 2.47. The quantitative estimate of drug-likeness (QED) is 0.629. The maximum absolute atomic E-state index is 5.58. The third-order valence-corrected chi connectivity index (χ3v) is 5.45. The SMILES string of the molecule is C(=Nc1ccc2c(c1)[C@@H](N1CCOCC1)c1ccccc1-2)c1ccccc1. The highest BCUT2D eigenvalue weighted by molar-refractivity contribution is 5.84. The lowest BCUT2D eigenvalue weighted by Crippen LogP contribution is -2.38. The first-order chi connectivity index (χ1) is 13.4. The van der Waals surface area contributed by atoms with Gasteiger partial charge in [-0.15, -0.1) is 0 Å². The summed E-state index contributed by atoms with van der Waals surface area (Å²) in [5.41, 5.74) is 7.57. The number of aliphatic imine (C=N–C) groups is 1. The highest BCUT2D eigenvalue weighted by Gasteiger charge is 2.33. The van der Waals surface area contributed by atoms with Crippen molar-refractivity contribution in [2.45, 2.75) is 6.04 Å². The molecule has 1 atom stereocenters. The number of nitrogens with zero attached hydrogens (tertiary/aromatic N) is 2. The normalized spacial score (nSPS) is 19.2. The van der Waals surface area contributed by atoms with Crippen molar-refractivity contribution in [2.75, 3.05) is 26.3 Å². The van der Waals surface area contributed by atoms with Gasteiger partial charge in [0, 0.05) is 19.3 Å². The first kappa shape index (κ1) is 16.4. The number of fused-ring (bicyclic) bond motifs is 3. The van der Waals surface area contributed by atoms with E-state index in [0.29, 0.717) is 6.04 Å². The Kier molecular flexibility index (Phi) is 4.32. The van der Waals surface area contributed by atoms with Gasteiger partial charge in [0.25, 0.3) is 0 Å². The van der Waals surface area contributed by atoms with Crippen molar-refractivity contribution in [2.24, 2.45) is 4.99 Å². The molecule has 1 aliphatic heterocycles. The van der Waals surface area contributed by atoms with Gasteiger partial charge in [-0.1, -0.05) is 60.7 Å². The Morgan fingerprint density at radius 2 is 1.56 bits per heavy atom. The molecule has 0 radical (unpaired) electrons. The predicted molar refractivity (Wildman–Crippen MR) is 110 cm³/mol. The van der Waals surface area contributed by atoms with Gasteiger partial charge in [-0.05, 0) is 39.9 Å². The molecule has 1 aliphatic carbocycles. The molecular weight excluding hydrogens is 332 g/mol. The molecule has 0 aromatic heterocycles. The monoisotopic (exact) mass is 354 g/mol. The van der Waals surface area contributed by atoms with Gasteiger partial charge in [-0.2, -0.15) is 0 Å². The van der Waals surface area contributed by atoms with Gasteiger partial charge >= 0.3 is 0 Å². The van der Waals surface area contributed by atoms with Crippen LogP contribution in [-0.4, -0.2) is 37.4 Å². The van der Waals surface area contributed by atoms with Gasteiger partial charge in [0.15, 0.2) is 0 Å². The van der Waals surface area contributed by atoms with Gasteiger partial charge in [0.1, 0.15) is 0 Å². The van der Waals surface area contributed by atoms with E-state index < -0.39 is 0 Å². The Morgan fingerprint density at radius 1 is 0.815 bits per heavy atom. The molecule has 0 bridgehead atoms. The standard InChI is InChI=1S/C24H22N2O/c1-2-6-18(7-3-1)17-25-19-10-11-21-20-8-4-5-9-22(20)24(23(21)16-19)26-12-14-27-15-13-26/h1-11,16-17,24H,12-15H2/t24-/m0/s1. The minimum Gasteiger partial charge on any atom is -0.379 e. The molecule has 27 heavy (non-hydrogen) atoms. The fraction of sp³-hybridized carbons (Fsp3) is 0.208. The fourth-order valence-corrected chi connectivity index (χ4v) is 4.17. The Balaban J connectivity index is 1.54. The Morgan fingerprint density at radius 3 is 2.41 bits per heavy atom. The smallest absolute Gasteiger partial charge is 0.0633 e. The summed E-state index contributed by atoms with van der Waals surface area (Å²) in [6.45, 7) is 3.55. The van der Waals surface area contributed by atoms with Gasteiger partial charge in [0.2, 0.25) is 0 Å². The molecule has 2 aliphatic rings. The summed E-state index contributed by atoms with van der Waals surface area (Å²) in [5.74, 6) is 0. The van der Waals surface area contributed by atoms with Crippen molar-refractivity contribution >= 4 is 11.9 Å². The summed E-state index contributed by atoms with van der Waals surface area (Å²) < 4.78 is 5.58. The lowest BCUT2D eigenvalue weighted by Gasteiger charge is -2.33. The largest absolute Gasteiger partial charge is 0.379 e. The topological polar surface area (TPSA) is 24.8 Å². The predicted octanol–water partition coefficient (Wildman–Crippen LogP) is 4.84. The third-order valence-electron chi connectivity index (χ3n) is 5.45. The second kappa shape index (κ2) is 7.10. The molecule has 1 heterocycles. The van der Waals surface area contributed by atoms with Gasteiger partial charge in [0.05, 0.1) is 24.9 Å². The minimum atomic E-state index is 0.298. The van der Waals surface area contributed by atoms with E-state index in [9.17, 15) is 0 Å². The van der Waals surface area contributed by atoms with E-state index in [2.05, 4.69) is 59.5 Å². The van der Waals surface area contributed by atoms with Crippen LogP contribution in [0.15, 0.2) is 77.8 Å². The number of morpholine rings is 1. The Hall–Kier alpha value is -2.75. The molecule has 3 nitrogen and oxygen atoms in total. The second-order valence-electron chi connectivity index (χ2n) is 7.08. The van der Waals surface area contributed by atoms with Crippen LogP contribution in [0.25, 0.3) is 11.1 Å². The lowest BCUT2D eigenvalue weighted by atomic mass is 10.0. The van der Waals surface area contributed by atoms with E-state index in [0.717, 1.165) is 37.6 Å². The molecule has 1 fully saturated rings. The minimum absolute atomic E-state index is 0.298. The summed E-state index contributed by atoms with van der Waals surface area (Å²) in [6, 6.07) is 25.9. The summed E-state index contributed by atoms with van der Waals surface area (Å²) in [4.78, 5) is 7.27. The fourth-order valence-electron chi connectivity index (χ4n) is 4.17. The molecule has 3 aromatic rings. The van der Waals surface area contributed by atoms with Crippen LogP contribution in [0.2, 0.25) is 0 Å². The molecule has 0 N–H and O–H groups in total. The van der Waals surface area contributed by atoms with E-state index in [1.54, 1.807) is 0 Å². The van der Waals surface area contributed by atoms with E-state index in [-0.39, 0.29) is 0 Å². The van der Waals surface area contributed by atoms with Crippen LogP contribution in [0.4, 0.5) is 5.69 Å². The number of hydrogen-bond donors (Lipinski definition) is 0. The molecule has 0 spiro atoms. The molecule has 134 valence electrons. The average molecular weight is 354 g/mol. The van der Waals surface area contributed by atoms with Crippen LogP contribution in [0.5, 0.6) is 0 Å². The second-order valence-corrected chi connectivity index (χ2v) is 7.08. The van der Waals surface area contributed by atoms with Crippen molar-refractivity contribution in [1.29, 1.82) is 0 Å². The van der Waals surface area contributed by atoms with Crippen LogP contribution in [0.1, 0.15) is 22.7 Å². The number of hydrogen-bond acceptors (Lipinski definition) is 3. The van der Waals surface area contributed by atoms with Gasteiger partial charge in [-0.3, -0.25) is 9.89 Å². The van der Waals surface area contributed by atoms with Crippen molar-refractivity contribution in [3.8, 4) is 11.1 Å². The van der Waals surface area contributed by atoms with Crippen LogP contribution < -0.4 is 0 Å². The summed E-state index contributed by atoms with van der Waals surface area (Å²) >= 11 is 0. The molecule has 3 heteroatoms. The van der Waals surface area contributed by atoms with Crippen molar-refractivity contribution in [1.82, 2.24) is 4.90 Å². The molecule has 0 saturated carbocycles. The lowest BCUT2D eigenvalue weighted by molar-refractivity contribution is 0.0247. The van der Waals surface area contributed by atoms with Crippen LogP contribution in [0, 0.1) is 0 Å². The van der Waals surface area contributed by atoms with Crippen LogP contribution in [-0.2, 0) is 4.74 Å². The van der Waals surface area contributed by atoms with Crippen LogP contribution in [0.3, 0.4) is 0 Å². The Bertz CT molecular complexity index is 975. The number of ether oxygens (including phenoxy) is 1. The van der Waals surface area contributed by atoms with Gasteiger partial charge < -0.3 is 4.74 Å². The maximum atomic E-state index is 5.58. The number of benzene rings is 3. The van der Waals surface area contributed by atoms with E-state index >= 15 is 0 Å². The average Bonchev–Trinajstić information content (AvgIpc) is 3.07. The first-order valence-electron chi connectivity index (χ1n) is 9.54. The molecule has 0 unspecified atom stereocenters. The first-order valence-corrected chi connectivity index (χ1v) is 9.54. The third kappa shape index (κ3) is 3.09. The zero-order chi connectivity index (χ0) is 18.1. The zero-order valence-electron chi connectivity index (χ0n) is 15.2. The summed E-state index contributed by atoms with van der Waals surface area (Å²) in [5, 5.41) is 0. The van der Waals surface area contributed by atoms with E-state index in [1.807, 2.05) is 24.4 Å². The van der Waals surface area contributed by atoms with Crippen LogP contribution >= 0.6 is 0 Å². The van der Waals surface area contributed by atoms with E-state index in [4.69, 9.17) is 9.73 Å². The highest BCUT2D eigenvalue weighted by atomic mass is 16.5. The summed E-state index contributed by atoms with van der Waals surface area (Å²) in [7, 11) is 0. The zero-order valence-corrected chi connectivity index (χ0v) is 15.2. The maximum Gasteiger partial charge on any atom is 0.0633 e. The molecule has 0 amide bonds.